The number of unbranched alkanes of at least 4 members (excludes halogenated alkanes) is 2. The summed E-state index contributed by atoms with van der Waals surface area (Å²) >= 11 is 0. The molecule has 0 heterocycles. The van der Waals surface area contributed by atoms with Gasteiger partial charge in [-0.3, -0.25) is 14.4 Å². The Morgan fingerprint density at radius 3 is 2.50 bits per heavy atom. The molecule has 0 radical (unpaired) electrons. The van der Waals surface area contributed by atoms with Crippen LogP contribution in [0.5, 0.6) is 11.5 Å². The highest BCUT2D eigenvalue weighted by Gasteiger charge is 2.12. The largest absolute Gasteiger partial charge is 0.493 e. The minimum atomic E-state index is -0.949. The number of benzene rings is 1. The van der Waals surface area contributed by atoms with Crippen LogP contribution in [0.1, 0.15) is 64.4 Å². The molecule has 0 aliphatic carbocycles. The molecule has 0 bridgehead atoms. The average Bonchev–Trinajstić information content (AvgIpc) is 2.69. The van der Waals surface area contributed by atoms with E-state index in [1.165, 1.54) is 7.11 Å². The third-order valence-electron chi connectivity index (χ3n) is 4.26. The van der Waals surface area contributed by atoms with E-state index in [1.54, 1.807) is 18.2 Å². The lowest BCUT2D eigenvalue weighted by Crippen LogP contribution is -2.22. The van der Waals surface area contributed by atoms with Crippen LogP contribution in [-0.4, -0.2) is 30.1 Å². The second kappa shape index (κ2) is 14.2. The summed E-state index contributed by atoms with van der Waals surface area (Å²) in [5, 5.41) is 11.5. The van der Waals surface area contributed by atoms with E-state index in [1.807, 2.05) is 0 Å². The van der Waals surface area contributed by atoms with Crippen molar-refractivity contribution < 1.29 is 29.0 Å². The van der Waals surface area contributed by atoms with Gasteiger partial charge in [-0.2, -0.15) is 0 Å². The number of carboxylic acids is 1. The third kappa shape index (κ3) is 11.2. The summed E-state index contributed by atoms with van der Waals surface area (Å²) in [6.45, 7) is 4.63. The minimum absolute atomic E-state index is 0.00394. The Morgan fingerprint density at radius 2 is 1.83 bits per heavy atom. The van der Waals surface area contributed by atoms with Crippen LogP contribution < -0.4 is 14.8 Å². The highest BCUT2D eigenvalue weighted by molar-refractivity contribution is 5.76. The predicted molar refractivity (Wildman–Crippen MR) is 114 cm³/mol. The van der Waals surface area contributed by atoms with Gasteiger partial charge < -0.3 is 19.9 Å². The van der Waals surface area contributed by atoms with Gasteiger partial charge in [0, 0.05) is 25.8 Å². The molecule has 166 valence electrons. The summed E-state index contributed by atoms with van der Waals surface area (Å²) < 4.78 is 10.5. The van der Waals surface area contributed by atoms with Crippen LogP contribution in [0.25, 0.3) is 0 Å². The number of hydrogen-bond acceptors (Lipinski definition) is 5. The summed E-state index contributed by atoms with van der Waals surface area (Å²) in [5.74, 6) is -0.269. The first-order valence-corrected chi connectivity index (χ1v) is 10.3. The number of carbonyl (C=O) groups is 3. The van der Waals surface area contributed by atoms with E-state index >= 15 is 0 Å². The van der Waals surface area contributed by atoms with E-state index in [-0.39, 0.29) is 30.9 Å². The van der Waals surface area contributed by atoms with Gasteiger partial charge in [0.05, 0.1) is 7.11 Å². The molecular formula is C23H33NO6. The number of amides is 1. The average molecular weight is 420 g/mol. The molecule has 1 aromatic carbocycles. The predicted octanol–water partition coefficient (Wildman–Crippen LogP) is 4.24. The van der Waals surface area contributed by atoms with Crippen molar-refractivity contribution in [3.05, 3.63) is 35.9 Å². The Kier molecular flexibility index (Phi) is 11.9. The van der Waals surface area contributed by atoms with E-state index in [0.29, 0.717) is 24.6 Å². The zero-order chi connectivity index (χ0) is 22.4. The summed E-state index contributed by atoms with van der Waals surface area (Å²) in [7, 11) is 1.47. The van der Waals surface area contributed by atoms with Crippen LogP contribution in [-0.2, 0) is 20.9 Å². The fourth-order valence-corrected chi connectivity index (χ4v) is 2.67. The van der Waals surface area contributed by atoms with E-state index in [4.69, 9.17) is 14.6 Å². The van der Waals surface area contributed by atoms with E-state index < -0.39 is 11.9 Å². The number of aliphatic carboxylic acids is 1. The van der Waals surface area contributed by atoms with Crippen molar-refractivity contribution in [2.75, 3.05) is 7.11 Å². The zero-order valence-corrected chi connectivity index (χ0v) is 18.1. The Bertz CT molecular complexity index is 726. The molecular weight excluding hydrogens is 386 g/mol. The quantitative estimate of drug-likeness (QED) is 0.202. The third-order valence-corrected chi connectivity index (χ3v) is 4.26. The molecule has 7 nitrogen and oxygen atoms in total. The Morgan fingerprint density at radius 1 is 1.07 bits per heavy atom. The van der Waals surface area contributed by atoms with Crippen LogP contribution in [0, 0.1) is 5.92 Å². The van der Waals surface area contributed by atoms with Gasteiger partial charge in [0.2, 0.25) is 5.91 Å². The lowest BCUT2D eigenvalue weighted by atomic mass is 10.1. The molecule has 0 atom stereocenters. The molecule has 0 fully saturated rings. The SMILES string of the molecule is COc1cc(CNC(=O)CCCC/C=C/C(C)C)ccc1OC(=O)CCCC(=O)O. The Hall–Kier alpha value is -2.83. The maximum Gasteiger partial charge on any atom is 0.311 e. The molecule has 0 saturated heterocycles. The molecule has 0 aliphatic rings. The molecule has 2 N–H and O–H groups in total. The van der Waals surface area contributed by atoms with Gasteiger partial charge in [-0.15, -0.1) is 0 Å². The highest BCUT2D eigenvalue weighted by Crippen LogP contribution is 2.28. The normalized spacial score (nSPS) is 10.9. The van der Waals surface area contributed by atoms with Gasteiger partial charge in [-0.05, 0) is 49.3 Å². The molecule has 0 aromatic heterocycles. The first-order valence-electron chi connectivity index (χ1n) is 10.3. The lowest BCUT2D eigenvalue weighted by Gasteiger charge is -2.11. The van der Waals surface area contributed by atoms with E-state index in [9.17, 15) is 14.4 Å². The van der Waals surface area contributed by atoms with Crippen molar-refractivity contribution in [2.24, 2.45) is 5.92 Å². The van der Waals surface area contributed by atoms with E-state index in [2.05, 4.69) is 31.3 Å². The van der Waals surface area contributed by atoms with Gasteiger partial charge in [-0.25, -0.2) is 0 Å². The van der Waals surface area contributed by atoms with Crippen molar-refractivity contribution in [2.45, 2.75) is 65.3 Å². The topological polar surface area (TPSA) is 102 Å². The van der Waals surface area contributed by atoms with Crippen LogP contribution in [0.4, 0.5) is 0 Å². The molecule has 0 spiro atoms. The molecule has 7 heteroatoms. The van der Waals surface area contributed by atoms with Gasteiger partial charge in [0.15, 0.2) is 11.5 Å². The summed E-state index contributed by atoms with van der Waals surface area (Å²) in [6, 6.07) is 5.06. The maximum absolute atomic E-state index is 12.0. The smallest absolute Gasteiger partial charge is 0.311 e. The number of carbonyl (C=O) groups excluding carboxylic acids is 2. The number of esters is 1. The second-order valence-electron chi connectivity index (χ2n) is 7.40. The zero-order valence-electron chi connectivity index (χ0n) is 18.1. The number of nitrogens with one attached hydrogen (secondary N) is 1. The summed E-state index contributed by atoms with van der Waals surface area (Å²) in [5.41, 5.74) is 0.825. The molecule has 1 amide bonds. The minimum Gasteiger partial charge on any atom is -0.493 e. The number of methoxy groups -OCH3 is 1. The second-order valence-corrected chi connectivity index (χ2v) is 7.40. The molecule has 1 aromatic rings. The first kappa shape index (κ1) is 25.2. The van der Waals surface area contributed by atoms with Gasteiger partial charge in [-0.1, -0.05) is 32.1 Å². The van der Waals surface area contributed by atoms with Crippen LogP contribution in [0.15, 0.2) is 30.4 Å². The lowest BCUT2D eigenvalue weighted by molar-refractivity contribution is -0.137. The van der Waals surface area contributed by atoms with Crippen molar-refractivity contribution in [3.8, 4) is 11.5 Å². The summed E-state index contributed by atoms with van der Waals surface area (Å²) in [4.78, 5) is 34.3. The number of hydrogen-bond donors (Lipinski definition) is 2. The van der Waals surface area contributed by atoms with Crippen molar-refractivity contribution >= 4 is 17.8 Å². The Labute approximate surface area is 178 Å². The fourth-order valence-electron chi connectivity index (χ4n) is 2.67. The van der Waals surface area contributed by atoms with Gasteiger partial charge in [0.1, 0.15) is 0 Å². The Balaban J connectivity index is 2.42. The standard InChI is InChI=1S/C23H33NO6/c1-17(2)9-6-4-5-7-10-21(25)24-16-18-13-14-19(20(15-18)29-3)30-23(28)12-8-11-22(26)27/h6,9,13-15,17H,4-5,7-8,10-12,16H2,1-3H3,(H,24,25)(H,26,27)/b9-6+. The molecule has 1 rings (SSSR count). The molecule has 0 aliphatic heterocycles. The van der Waals surface area contributed by atoms with Gasteiger partial charge in [0.25, 0.3) is 0 Å². The monoisotopic (exact) mass is 419 g/mol. The molecule has 0 saturated carbocycles. The van der Waals surface area contributed by atoms with Crippen LogP contribution in [0.2, 0.25) is 0 Å². The van der Waals surface area contributed by atoms with E-state index in [0.717, 1.165) is 24.8 Å². The maximum atomic E-state index is 12.0. The van der Waals surface area contributed by atoms with Crippen LogP contribution in [0.3, 0.4) is 0 Å². The molecule has 30 heavy (non-hydrogen) atoms. The number of ether oxygens (including phenoxy) is 2. The van der Waals surface area contributed by atoms with Crippen molar-refractivity contribution in [3.63, 3.8) is 0 Å². The van der Waals surface area contributed by atoms with Crippen molar-refractivity contribution in [1.29, 1.82) is 0 Å². The van der Waals surface area contributed by atoms with Crippen molar-refractivity contribution in [1.82, 2.24) is 5.32 Å². The first-order chi connectivity index (χ1) is 14.3. The number of rotatable bonds is 14. The molecule has 0 unspecified atom stereocenters. The number of allylic oxidation sites excluding steroid dienone is 2. The summed E-state index contributed by atoms with van der Waals surface area (Å²) in [6.07, 6.45) is 7.78. The highest BCUT2D eigenvalue weighted by atomic mass is 16.6. The number of carboxylic acid groups (broad SMARTS) is 1. The van der Waals surface area contributed by atoms with Crippen LogP contribution >= 0.6 is 0 Å². The fraction of sp³-hybridized carbons (Fsp3) is 0.522. The van der Waals surface area contributed by atoms with Gasteiger partial charge >= 0.3 is 11.9 Å².